The summed E-state index contributed by atoms with van der Waals surface area (Å²) >= 11 is 0. The van der Waals surface area contributed by atoms with Crippen LogP contribution in [0.1, 0.15) is 33.6 Å². The van der Waals surface area contributed by atoms with Crippen molar-refractivity contribution in [2.75, 3.05) is 6.61 Å². The molecule has 0 aromatic heterocycles. The maximum atomic E-state index is 9.10. The van der Waals surface area contributed by atoms with Gasteiger partial charge in [-0.1, -0.05) is 98.7 Å². The van der Waals surface area contributed by atoms with E-state index in [0.717, 1.165) is 12.8 Å². The summed E-state index contributed by atoms with van der Waals surface area (Å²) in [5.41, 5.74) is 8.51. The highest BCUT2D eigenvalue weighted by Gasteiger charge is 2.51. The molecule has 0 saturated heterocycles. The van der Waals surface area contributed by atoms with Gasteiger partial charge in [-0.15, -0.1) is 0 Å². The zero-order valence-electron chi connectivity index (χ0n) is 16.3. The van der Waals surface area contributed by atoms with E-state index in [1.165, 1.54) is 10.4 Å². The fourth-order valence-corrected chi connectivity index (χ4v) is 8.66. The molecule has 0 spiro atoms. The van der Waals surface area contributed by atoms with E-state index in [-0.39, 0.29) is 5.04 Å². The van der Waals surface area contributed by atoms with Crippen LogP contribution in [0, 0.1) is 0 Å². The molecule has 3 rings (SSSR count). The summed E-state index contributed by atoms with van der Waals surface area (Å²) in [5.74, 6) is 0. The van der Waals surface area contributed by atoms with Gasteiger partial charge in [0.25, 0.3) is 8.32 Å². The van der Waals surface area contributed by atoms with Crippen molar-refractivity contribution in [3.8, 4) is 0 Å². The number of allylic oxidation sites excluding steroid dienone is 1. The van der Waals surface area contributed by atoms with E-state index in [2.05, 4.69) is 85.4 Å². The number of hydrogen-bond donors (Lipinski definition) is 0. The van der Waals surface area contributed by atoms with Gasteiger partial charge in [-0.05, 0) is 33.8 Å². The lowest BCUT2D eigenvalue weighted by atomic mass is 10.0. The van der Waals surface area contributed by atoms with Crippen LogP contribution in [0.15, 0.2) is 77.9 Å². The molecule has 0 radical (unpaired) electrons. The van der Waals surface area contributed by atoms with Gasteiger partial charge in [0.2, 0.25) is 0 Å². The average molecular weight is 378 g/mol. The standard InChI is InChI=1S/C22H27N3OSi/c1-21(2,3)27(19-12-6-4-7-13-19,20-14-8-5-9-15-20)26-18-22(24-25-23)16-10-11-17-22/h4-10,12-16H,11,17-18H2,1-3H3/t22-/m1/s1. The third kappa shape index (κ3) is 3.72. The normalized spacial score (nSPS) is 19.7. The maximum Gasteiger partial charge on any atom is 0.261 e. The molecule has 0 aliphatic heterocycles. The van der Waals surface area contributed by atoms with Crippen LogP contribution in [0.4, 0.5) is 0 Å². The van der Waals surface area contributed by atoms with Crippen LogP contribution in [0.2, 0.25) is 5.04 Å². The first-order chi connectivity index (χ1) is 12.9. The van der Waals surface area contributed by atoms with Gasteiger partial charge in [0, 0.05) is 11.5 Å². The minimum absolute atomic E-state index is 0.0877. The van der Waals surface area contributed by atoms with E-state index in [9.17, 15) is 0 Å². The van der Waals surface area contributed by atoms with Crippen LogP contribution in [0.25, 0.3) is 10.4 Å². The zero-order chi connectivity index (χ0) is 19.4. The van der Waals surface area contributed by atoms with Crippen molar-refractivity contribution in [2.45, 2.75) is 44.2 Å². The lowest BCUT2D eigenvalue weighted by Gasteiger charge is -2.44. The van der Waals surface area contributed by atoms with Gasteiger partial charge in [-0.2, -0.15) is 0 Å². The molecule has 1 atom stereocenters. The highest BCUT2D eigenvalue weighted by Crippen LogP contribution is 2.38. The van der Waals surface area contributed by atoms with Crippen molar-refractivity contribution in [2.24, 2.45) is 5.11 Å². The summed E-state index contributed by atoms with van der Waals surface area (Å²) < 4.78 is 6.93. The van der Waals surface area contributed by atoms with Crippen molar-refractivity contribution < 1.29 is 4.43 Å². The van der Waals surface area contributed by atoms with E-state index in [4.69, 9.17) is 9.96 Å². The first-order valence-electron chi connectivity index (χ1n) is 9.43. The van der Waals surface area contributed by atoms with Crippen LogP contribution in [0.5, 0.6) is 0 Å². The molecule has 2 aromatic rings. The molecule has 0 bridgehead atoms. The molecule has 0 fully saturated rings. The second-order valence-electron chi connectivity index (χ2n) is 8.19. The van der Waals surface area contributed by atoms with Crippen LogP contribution >= 0.6 is 0 Å². The number of azide groups is 1. The molecule has 4 nitrogen and oxygen atoms in total. The van der Waals surface area contributed by atoms with Crippen LogP contribution in [0.3, 0.4) is 0 Å². The Morgan fingerprint density at radius 1 is 1.04 bits per heavy atom. The van der Waals surface area contributed by atoms with E-state index >= 15 is 0 Å². The molecule has 0 unspecified atom stereocenters. The lowest BCUT2D eigenvalue weighted by Crippen LogP contribution is -2.67. The third-order valence-electron chi connectivity index (χ3n) is 5.37. The molecular formula is C22H27N3OSi. The Hall–Kier alpha value is -2.33. The molecule has 0 N–H and O–H groups in total. The minimum Gasteiger partial charge on any atom is -0.406 e. The van der Waals surface area contributed by atoms with Crippen LogP contribution < -0.4 is 10.4 Å². The molecule has 2 aromatic carbocycles. The zero-order valence-corrected chi connectivity index (χ0v) is 17.3. The molecule has 0 amide bonds. The quantitative estimate of drug-likeness (QED) is 0.231. The molecule has 5 heteroatoms. The third-order valence-corrected chi connectivity index (χ3v) is 10.4. The van der Waals surface area contributed by atoms with E-state index in [1.54, 1.807) is 0 Å². The van der Waals surface area contributed by atoms with Crippen molar-refractivity contribution in [3.63, 3.8) is 0 Å². The largest absolute Gasteiger partial charge is 0.406 e. The van der Waals surface area contributed by atoms with Gasteiger partial charge >= 0.3 is 0 Å². The minimum atomic E-state index is -2.61. The number of benzene rings is 2. The first kappa shape index (κ1) is 19.4. The van der Waals surface area contributed by atoms with Gasteiger partial charge in [-0.3, -0.25) is 0 Å². The maximum absolute atomic E-state index is 9.10. The second-order valence-corrected chi connectivity index (χ2v) is 12.5. The van der Waals surface area contributed by atoms with Gasteiger partial charge in [0.1, 0.15) is 0 Å². The highest BCUT2D eigenvalue weighted by molar-refractivity contribution is 6.99. The SMILES string of the molecule is CC(C)(C)[Si](OC[C@@]1(N=[N+]=[N-])C=CCC1)(c1ccccc1)c1ccccc1. The molecule has 140 valence electrons. The summed E-state index contributed by atoms with van der Waals surface area (Å²) in [7, 11) is -2.61. The fourth-order valence-electron chi connectivity index (χ4n) is 4.04. The Morgan fingerprint density at radius 3 is 2.00 bits per heavy atom. The second kappa shape index (κ2) is 7.73. The number of rotatable bonds is 6. The van der Waals surface area contributed by atoms with Gasteiger partial charge in [-0.25, -0.2) is 0 Å². The highest BCUT2D eigenvalue weighted by atomic mass is 28.4. The fraction of sp³-hybridized carbons (Fsp3) is 0.364. The molecule has 1 aliphatic carbocycles. The number of hydrogen-bond acceptors (Lipinski definition) is 2. The van der Waals surface area contributed by atoms with Crippen LogP contribution in [-0.2, 0) is 4.43 Å². The summed E-state index contributed by atoms with van der Waals surface area (Å²) in [6.07, 6.45) is 5.83. The van der Waals surface area contributed by atoms with Crippen molar-refractivity contribution in [1.29, 1.82) is 0 Å². The molecule has 0 heterocycles. The first-order valence-corrected chi connectivity index (χ1v) is 11.3. The molecule has 0 saturated carbocycles. The summed E-state index contributed by atoms with van der Waals surface area (Å²) in [4.78, 5) is 3.11. The predicted octanol–water partition coefficient (Wildman–Crippen LogP) is 4.96. The summed E-state index contributed by atoms with van der Waals surface area (Å²) in [6.45, 7) is 7.17. The van der Waals surface area contributed by atoms with Gasteiger partial charge in [0.05, 0.1) is 5.54 Å². The van der Waals surface area contributed by atoms with E-state index in [0.29, 0.717) is 6.61 Å². The average Bonchev–Trinajstić information content (AvgIpc) is 3.12. The smallest absolute Gasteiger partial charge is 0.261 e. The van der Waals surface area contributed by atoms with E-state index in [1.807, 2.05) is 18.2 Å². The molecular weight excluding hydrogens is 350 g/mol. The van der Waals surface area contributed by atoms with Crippen molar-refractivity contribution in [1.82, 2.24) is 0 Å². The van der Waals surface area contributed by atoms with E-state index < -0.39 is 13.9 Å². The van der Waals surface area contributed by atoms with Gasteiger partial charge in [0.15, 0.2) is 0 Å². The van der Waals surface area contributed by atoms with Crippen molar-refractivity contribution in [3.05, 3.63) is 83.3 Å². The summed E-state index contributed by atoms with van der Waals surface area (Å²) in [6, 6.07) is 21.1. The molecule has 27 heavy (non-hydrogen) atoms. The van der Waals surface area contributed by atoms with Gasteiger partial charge < -0.3 is 4.43 Å². The number of nitrogens with zero attached hydrogens (tertiary/aromatic N) is 3. The Morgan fingerprint density at radius 2 is 1.59 bits per heavy atom. The van der Waals surface area contributed by atoms with Crippen molar-refractivity contribution >= 4 is 18.7 Å². The topological polar surface area (TPSA) is 58.0 Å². The summed E-state index contributed by atoms with van der Waals surface area (Å²) in [5, 5.41) is 6.51. The molecule has 1 aliphatic rings. The Kier molecular flexibility index (Phi) is 5.56. The lowest BCUT2D eigenvalue weighted by molar-refractivity contribution is 0.234. The monoisotopic (exact) mass is 377 g/mol. The Bertz CT molecular complexity index is 799. The Labute approximate surface area is 162 Å². The predicted molar refractivity (Wildman–Crippen MR) is 114 cm³/mol. The Balaban J connectivity index is 2.12. The van der Waals surface area contributed by atoms with Crippen LogP contribution in [-0.4, -0.2) is 20.5 Å².